The second-order valence-corrected chi connectivity index (χ2v) is 24.0. The van der Waals surface area contributed by atoms with Gasteiger partial charge < -0.3 is 14.0 Å². The maximum absolute atomic E-state index is 10.5. The molecule has 0 amide bonds. The van der Waals surface area contributed by atoms with E-state index in [0.717, 1.165) is 12.5 Å². The molecule has 182 valence electrons. The van der Waals surface area contributed by atoms with E-state index in [4.69, 9.17) is 8.85 Å². The highest BCUT2D eigenvalue weighted by atomic mass is 28.4. The second kappa shape index (κ2) is 8.21. The van der Waals surface area contributed by atoms with E-state index in [0.29, 0.717) is 30.3 Å². The third-order valence-corrected chi connectivity index (χ3v) is 19.5. The fraction of sp³-hybridized carbons (Fsp3) is 1.00. The Bertz CT molecular complexity index is 648. The molecule has 0 aromatic rings. The van der Waals surface area contributed by atoms with Crippen molar-refractivity contribution >= 4 is 16.6 Å². The van der Waals surface area contributed by atoms with E-state index < -0.39 is 16.6 Å². The zero-order chi connectivity index (χ0) is 23.6. The van der Waals surface area contributed by atoms with Gasteiger partial charge in [0.15, 0.2) is 16.6 Å². The molecule has 0 aliphatic heterocycles. The predicted molar refractivity (Wildman–Crippen MR) is 136 cm³/mol. The average molecular weight is 469 g/mol. The zero-order valence-electron chi connectivity index (χ0n) is 22.5. The average Bonchev–Trinajstić information content (AvgIpc) is 2.61. The summed E-state index contributed by atoms with van der Waals surface area (Å²) in [4.78, 5) is 0. The fourth-order valence-corrected chi connectivity index (χ4v) is 9.04. The highest BCUT2D eigenvalue weighted by Crippen LogP contribution is 2.65. The van der Waals surface area contributed by atoms with E-state index >= 15 is 0 Å². The minimum atomic E-state index is -1.92. The number of aliphatic hydroxyl groups excluding tert-OH is 1. The number of hydrogen-bond donors (Lipinski definition) is 1. The van der Waals surface area contributed by atoms with Crippen molar-refractivity contribution in [3.63, 3.8) is 0 Å². The van der Waals surface area contributed by atoms with Crippen LogP contribution in [-0.2, 0) is 8.85 Å². The SMILES string of the molecule is CC(C)(C)[Si](C)(C)OC[C@@]1(C)[C@H]2C[C@@H]3CCC[C@H]([C@H]2CO)[C@@H]3[C@@H]1O[Si](C)(C)C(C)(C)C. The van der Waals surface area contributed by atoms with Crippen LogP contribution in [0.15, 0.2) is 0 Å². The first-order chi connectivity index (χ1) is 14.0. The first-order valence-corrected chi connectivity index (χ1v) is 18.7. The maximum atomic E-state index is 10.5. The Labute approximate surface area is 195 Å². The zero-order valence-corrected chi connectivity index (χ0v) is 24.5. The molecule has 0 spiro atoms. The molecule has 7 atom stereocenters. The molecule has 0 unspecified atom stereocenters. The molecule has 31 heavy (non-hydrogen) atoms. The molecule has 4 bridgehead atoms. The van der Waals surface area contributed by atoms with Crippen LogP contribution in [0.2, 0.25) is 36.3 Å². The van der Waals surface area contributed by atoms with Crippen molar-refractivity contribution in [3.05, 3.63) is 0 Å². The van der Waals surface area contributed by atoms with Gasteiger partial charge in [-0.25, -0.2) is 0 Å². The van der Waals surface area contributed by atoms with Gasteiger partial charge >= 0.3 is 0 Å². The molecule has 3 nitrogen and oxygen atoms in total. The Morgan fingerprint density at radius 3 is 2.03 bits per heavy atom. The van der Waals surface area contributed by atoms with Crippen LogP contribution >= 0.6 is 0 Å². The number of rotatable bonds is 6. The largest absolute Gasteiger partial charge is 0.416 e. The molecule has 0 saturated heterocycles. The van der Waals surface area contributed by atoms with Crippen LogP contribution in [0.5, 0.6) is 0 Å². The molecule has 4 aliphatic rings. The summed E-state index contributed by atoms with van der Waals surface area (Å²) in [7, 11) is -3.77. The van der Waals surface area contributed by atoms with Crippen molar-refractivity contribution in [1.29, 1.82) is 0 Å². The lowest BCUT2D eigenvalue weighted by Gasteiger charge is -2.67. The fourth-order valence-electron chi connectivity index (χ4n) is 6.52. The number of fused-ring (bicyclic) bond motifs is 1. The van der Waals surface area contributed by atoms with Crippen LogP contribution in [0.4, 0.5) is 0 Å². The molecule has 4 fully saturated rings. The van der Waals surface area contributed by atoms with Gasteiger partial charge in [0.1, 0.15) is 0 Å². The van der Waals surface area contributed by atoms with Gasteiger partial charge in [0.25, 0.3) is 0 Å². The smallest absolute Gasteiger partial charge is 0.192 e. The Balaban J connectivity index is 1.99. The van der Waals surface area contributed by atoms with Crippen LogP contribution < -0.4 is 0 Å². The summed E-state index contributed by atoms with van der Waals surface area (Å²) in [6.45, 7) is 27.3. The van der Waals surface area contributed by atoms with E-state index in [-0.39, 0.29) is 21.6 Å². The summed E-state index contributed by atoms with van der Waals surface area (Å²) in [5.74, 6) is 2.95. The first kappa shape index (κ1) is 25.9. The summed E-state index contributed by atoms with van der Waals surface area (Å²) in [5, 5.41) is 10.9. The number of aliphatic hydroxyl groups is 1. The predicted octanol–water partition coefficient (Wildman–Crippen LogP) is 7.08. The second-order valence-electron chi connectivity index (χ2n) is 14.5. The molecule has 0 heterocycles. The van der Waals surface area contributed by atoms with Gasteiger partial charge in [0.05, 0.1) is 6.10 Å². The van der Waals surface area contributed by atoms with E-state index in [1.54, 1.807) is 0 Å². The number of hydrogen-bond acceptors (Lipinski definition) is 3. The van der Waals surface area contributed by atoms with Gasteiger partial charge in [-0.05, 0) is 78.7 Å². The van der Waals surface area contributed by atoms with Crippen molar-refractivity contribution in [1.82, 2.24) is 0 Å². The van der Waals surface area contributed by atoms with Gasteiger partial charge in [0, 0.05) is 18.6 Å². The quantitative estimate of drug-likeness (QED) is 0.423. The standard InChI is InChI=1S/C26H52O3Si2/c1-24(2,3)30(8,9)28-17-26(7)21-15-18-13-12-14-19(20(21)16-27)22(18)23(26)29-31(10,11)25(4,5)6/h18-23,27H,12-17H2,1-11H3/t18-,19+,20+,21-,22+,23-,26-/m0/s1. The molecule has 5 heteroatoms. The molecule has 4 saturated carbocycles. The summed E-state index contributed by atoms with van der Waals surface area (Å²) in [5.41, 5.74) is -0.00650. The molecular weight excluding hydrogens is 416 g/mol. The summed E-state index contributed by atoms with van der Waals surface area (Å²) >= 11 is 0. The van der Waals surface area contributed by atoms with E-state index in [1.807, 2.05) is 0 Å². The Kier molecular flexibility index (Phi) is 6.87. The lowest BCUT2D eigenvalue weighted by Crippen LogP contribution is -2.68. The van der Waals surface area contributed by atoms with Crippen LogP contribution in [0, 0.1) is 35.0 Å². The Morgan fingerprint density at radius 2 is 1.52 bits per heavy atom. The van der Waals surface area contributed by atoms with Crippen molar-refractivity contribution in [2.24, 2.45) is 35.0 Å². The summed E-state index contributed by atoms with van der Waals surface area (Å²) in [6, 6.07) is 0. The molecular formula is C26H52O3Si2. The van der Waals surface area contributed by atoms with Crippen LogP contribution in [0.25, 0.3) is 0 Å². The van der Waals surface area contributed by atoms with Gasteiger partial charge in [-0.2, -0.15) is 0 Å². The van der Waals surface area contributed by atoms with Gasteiger partial charge in [-0.15, -0.1) is 0 Å². The normalized spacial score (nSPS) is 39.1. The molecule has 1 N–H and O–H groups in total. The van der Waals surface area contributed by atoms with Crippen LogP contribution in [0.1, 0.15) is 74.1 Å². The minimum absolute atomic E-state index is 0.00650. The van der Waals surface area contributed by atoms with E-state index in [2.05, 4.69) is 74.7 Å². The van der Waals surface area contributed by atoms with Gasteiger partial charge in [-0.1, -0.05) is 61.3 Å². The topological polar surface area (TPSA) is 38.7 Å². The van der Waals surface area contributed by atoms with Crippen molar-refractivity contribution in [3.8, 4) is 0 Å². The third kappa shape index (κ3) is 4.40. The van der Waals surface area contributed by atoms with Gasteiger partial charge in [0.2, 0.25) is 0 Å². The molecule has 4 rings (SSSR count). The van der Waals surface area contributed by atoms with Crippen LogP contribution in [-0.4, -0.2) is 41.1 Å². The third-order valence-electron chi connectivity index (χ3n) is 10.6. The minimum Gasteiger partial charge on any atom is -0.416 e. The Morgan fingerprint density at radius 1 is 0.935 bits per heavy atom. The van der Waals surface area contributed by atoms with E-state index in [1.165, 1.54) is 25.7 Å². The highest BCUT2D eigenvalue weighted by Gasteiger charge is 2.65. The Hall–Kier alpha value is 0.314. The van der Waals surface area contributed by atoms with Crippen molar-refractivity contribution in [2.45, 2.75) is 117 Å². The molecule has 0 radical (unpaired) electrons. The lowest BCUT2D eigenvalue weighted by atomic mass is 9.42. The van der Waals surface area contributed by atoms with Gasteiger partial charge in [-0.3, -0.25) is 0 Å². The monoisotopic (exact) mass is 468 g/mol. The highest BCUT2D eigenvalue weighted by molar-refractivity contribution is 6.74. The molecule has 0 aromatic heterocycles. The first-order valence-electron chi connectivity index (χ1n) is 12.9. The maximum Gasteiger partial charge on any atom is 0.192 e. The molecule has 4 aliphatic carbocycles. The van der Waals surface area contributed by atoms with Crippen molar-refractivity contribution in [2.75, 3.05) is 13.2 Å². The van der Waals surface area contributed by atoms with E-state index in [9.17, 15) is 5.11 Å². The molecule has 0 aromatic carbocycles. The summed E-state index contributed by atoms with van der Waals surface area (Å²) in [6.07, 6.45) is 5.50. The van der Waals surface area contributed by atoms with Crippen molar-refractivity contribution < 1.29 is 14.0 Å². The lowest BCUT2D eigenvalue weighted by molar-refractivity contribution is -0.222. The summed E-state index contributed by atoms with van der Waals surface area (Å²) < 4.78 is 14.3. The van der Waals surface area contributed by atoms with Crippen LogP contribution in [0.3, 0.4) is 0 Å².